The van der Waals surface area contributed by atoms with E-state index in [4.69, 9.17) is 17.3 Å². The maximum atomic E-state index is 13.8. The zero-order valence-corrected chi connectivity index (χ0v) is 15.1. The summed E-state index contributed by atoms with van der Waals surface area (Å²) in [5.74, 6) is -1.55. The van der Waals surface area contributed by atoms with Crippen molar-refractivity contribution in [1.82, 2.24) is 9.97 Å². The molecule has 3 N–H and O–H groups in total. The average molecular weight is 395 g/mol. The molecule has 0 saturated carbocycles. The van der Waals surface area contributed by atoms with E-state index in [0.29, 0.717) is 16.4 Å². The number of nitrogen functional groups attached to an aromatic ring is 1. The number of carbonyl (C=O) groups excluding carboxylic acids is 1. The van der Waals surface area contributed by atoms with Crippen molar-refractivity contribution in [3.8, 4) is 0 Å². The molecule has 3 aromatic rings. The topological polar surface area (TPSA) is 80.9 Å². The lowest BCUT2D eigenvalue weighted by molar-refractivity contribution is 0.102. The van der Waals surface area contributed by atoms with Gasteiger partial charge in [0.25, 0.3) is 5.91 Å². The molecule has 134 valence electrons. The minimum Gasteiger partial charge on any atom is -0.382 e. The molecule has 0 aliphatic rings. The molecule has 0 aliphatic carbocycles. The van der Waals surface area contributed by atoms with Crippen molar-refractivity contribution in [3.63, 3.8) is 0 Å². The van der Waals surface area contributed by atoms with Crippen LogP contribution in [0.2, 0.25) is 5.02 Å². The van der Waals surface area contributed by atoms with Crippen molar-refractivity contribution in [1.29, 1.82) is 0 Å². The molecule has 1 amide bonds. The Bertz CT molecular complexity index is 993. The van der Waals surface area contributed by atoms with Crippen LogP contribution in [0.5, 0.6) is 0 Å². The zero-order chi connectivity index (χ0) is 18.8. The summed E-state index contributed by atoms with van der Waals surface area (Å²) >= 11 is 7.08. The number of nitrogens with one attached hydrogen (secondary N) is 1. The molecule has 0 bridgehead atoms. The van der Waals surface area contributed by atoms with Gasteiger partial charge in [0, 0.05) is 23.6 Å². The van der Waals surface area contributed by atoms with Crippen LogP contribution in [-0.4, -0.2) is 15.9 Å². The molecule has 0 atom stereocenters. The SMILES string of the molecule is Cc1nc(NC(=O)c2cnc(N)c(Cl)c2)sc1Cc1ccc(F)cc1F. The predicted molar refractivity (Wildman–Crippen MR) is 97.6 cm³/mol. The molecule has 0 saturated heterocycles. The molecule has 9 heteroatoms. The Labute approximate surface area is 156 Å². The first kappa shape index (κ1) is 18.2. The van der Waals surface area contributed by atoms with Gasteiger partial charge in [-0.3, -0.25) is 10.1 Å². The van der Waals surface area contributed by atoms with E-state index in [2.05, 4.69) is 15.3 Å². The van der Waals surface area contributed by atoms with Crippen LogP contribution in [0.25, 0.3) is 0 Å². The fraction of sp³-hybridized carbons (Fsp3) is 0.118. The molecule has 0 fully saturated rings. The van der Waals surface area contributed by atoms with Crippen molar-refractivity contribution < 1.29 is 13.6 Å². The number of nitrogens with two attached hydrogens (primary N) is 1. The highest BCUT2D eigenvalue weighted by Crippen LogP contribution is 2.27. The first-order chi connectivity index (χ1) is 12.3. The number of amides is 1. The van der Waals surface area contributed by atoms with Crippen LogP contribution < -0.4 is 11.1 Å². The highest BCUT2D eigenvalue weighted by atomic mass is 35.5. The summed E-state index contributed by atoms with van der Waals surface area (Å²) in [5, 5.41) is 3.19. The maximum absolute atomic E-state index is 13.8. The summed E-state index contributed by atoms with van der Waals surface area (Å²) in [6, 6.07) is 4.85. The Morgan fingerprint density at radius 3 is 2.81 bits per heavy atom. The molecule has 5 nitrogen and oxygen atoms in total. The third-order valence-corrected chi connectivity index (χ3v) is 4.99. The summed E-state index contributed by atoms with van der Waals surface area (Å²) in [4.78, 5) is 21.1. The number of hydrogen-bond donors (Lipinski definition) is 2. The number of halogens is 3. The van der Waals surface area contributed by atoms with Gasteiger partial charge in [-0.15, -0.1) is 11.3 Å². The molecular weight excluding hydrogens is 382 g/mol. The van der Waals surface area contributed by atoms with Gasteiger partial charge in [0.1, 0.15) is 17.5 Å². The Morgan fingerprint density at radius 1 is 1.35 bits per heavy atom. The number of carbonyl (C=O) groups is 1. The van der Waals surface area contributed by atoms with E-state index in [1.165, 1.54) is 35.7 Å². The fourth-order valence-corrected chi connectivity index (χ4v) is 3.37. The summed E-state index contributed by atoms with van der Waals surface area (Å²) < 4.78 is 26.8. The van der Waals surface area contributed by atoms with Crippen LogP contribution in [0, 0.1) is 18.6 Å². The van der Waals surface area contributed by atoms with Gasteiger partial charge in [-0.25, -0.2) is 18.7 Å². The lowest BCUT2D eigenvalue weighted by Crippen LogP contribution is -2.12. The number of thiazole rings is 1. The third kappa shape index (κ3) is 3.97. The van der Waals surface area contributed by atoms with Crippen LogP contribution in [-0.2, 0) is 6.42 Å². The predicted octanol–water partition coefficient (Wildman–Crippen LogP) is 4.20. The molecular formula is C17H13ClF2N4OS. The van der Waals surface area contributed by atoms with E-state index in [0.717, 1.165) is 10.9 Å². The zero-order valence-electron chi connectivity index (χ0n) is 13.5. The van der Waals surface area contributed by atoms with Crippen molar-refractivity contribution >= 4 is 39.8 Å². The van der Waals surface area contributed by atoms with Crippen LogP contribution in [0.1, 0.15) is 26.5 Å². The number of aryl methyl sites for hydroxylation is 1. The number of hydrogen-bond acceptors (Lipinski definition) is 5. The standard InChI is InChI=1S/C17H13ClF2N4OS/c1-8-14(5-9-2-3-11(19)6-13(9)20)26-17(23-8)24-16(25)10-4-12(18)15(21)22-7-10/h2-4,6-7H,5H2,1H3,(H2,21,22)(H,23,24,25). The van der Waals surface area contributed by atoms with Crippen molar-refractivity contribution in [3.05, 3.63) is 68.8 Å². The van der Waals surface area contributed by atoms with Crippen LogP contribution in [0.4, 0.5) is 19.7 Å². The summed E-state index contributed by atoms with van der Waals surface area (Å²) in [5.41, 5.74) is 6.77. The molecule has 0 aliphatic heterocycles. The number of nitrogens with zero attached hydrogens (tertiary/aromatic N) is 2. The number of benzene rings is 1. The maximum Gasteiger partial charge on any atom is 0.259 e. The van der Waals surface area contributed by atoms with Crippen molar-refractivity contribution in [2.75, 3.05) is 11.1 Å². The van der Waals surface area contributed by atoms with Crippen LogP contribution in [0.3, 0.4) is 0 Å². The van der Waals surface area contributed by atoms with Gasteiger partial charge in [0.2, 0.25) is 0 Å². The number of anilines is 2. The Morgan fingerprint density at radius 2 is 2.12 bits per heavy atom. The lowest BCUT2D eigenvalue weighted by Gasteiger charge is -2.03. The summed E-state index contributed by atoms with van der Waals surface area (Å²) in [7, 11) is 0. The van der Waals surface area contributed by atoms with Crippen molar-refractivity contribution in [2.24, 2.45) is 0 Å². The van der Waals surface area contributed by atoms with Gasteiger partial charge in [-0.2, -0.15) is 0 Å². The average Bonchev–Trinajstić information content (AvgIpc) is 2.92. The summed E-state index contributed by atoms with van der Waals surface area (Å²) in [6.07, 6.45) is 1.56. The van der Waals surface area contributed by atoms with Gasteiger partial charge in [-0.1, -0.05) is 17.7 Å². The van der Waals surface area contributed by atoms with E-state index in [1.807, 2.05) is 0 Å². The Balaban J connectivity index is 1.77. The Kier molecular flexibility index (Phi) is 5.15. The van der Waals surface area contributed by atoms with Gasteiger partial charge in [-0.05, 0) is 24.6 Å². The summed E-state index contributed by atoms with van der Waals surface area (Å²) in [6.45, 7) is 1.75. The van der Waals surface area contributed by atoms with Crippen LogP contribution in [0.15, 0.2) is 30.5 Å². The fourth-order valence-electron chi connectivity index (χ4n) is 2.23. The monoisotopic (exact) mass is 394 g/mol. The normalized spacial score (nSPS) is 10.8. The van der Waals surface area contributed by atoms with E-state index in [1.54, 1.807) is 6.92 Å². The number of rotatable bonds is 4. The van der Waals surface area contributed by atoms with E-state index in [-0.39, 0.29) is 22.8 Å². The molecule has 2 heterocycles. The van der Waals surface area contributed by atoms with Gasteiger partial charge >= 0.3 is 0 Å². The second-order valence-corrected chi connectivity index (χ2v) is 6.98. The molecule has 0 radical (unpaired) electrons. The van der Waals surface area contributed by atoms with E-state index in [9.17, 15) is 13.6 Å². The first-order valence-corrected chi connectivity index (χ1v) is 8.65. The minimum absolute atomic E-state index is 0.136. The minimum atomic E-state index is -0.629. The van der Waals surface area contributed by atoms with E-state index >= 15 is 0 Å². The first-order valence-electron chi connectivity index (χ1n) is 7.46. The third-order valence-electron chi connectivity index (χ3n) is 3.61. The van der Waals surface area contributed by atoms with Gasteiger partial charge < -0.3 is 5.73 Å². The van der Waals surface area contributed by atoms with Gasteiger partial charge in [0.05, 0.1) is 16.3 Å². The van der Waals surface area contributed by atoms with Crippen LogP contribution >= 0.6 is 22.9 Å². The van der Waals surface area contributed by atoms with E-state index < -0.39 is 17.5 Å². The second kappa shape index (κ2) is 7.35. The molecule has 2 aromatic heterocycles. The molecule has 3 rings (SSSR count). The molecule has 0 spiro atoms. The number of pyridine rings is 1. The molecule has 0 unspecified atom stereocenters. The molecule has 1 aromatic carbocycles. The second-order valence-electron chi connectivity index (χ2n) is 5.49. The lowest BCUT2D eigenvalue weighted by atomic mass is 10.1. The quantitative estimate of drug-likeness (QED) is 0.694. The Hall–Kier alpha value is -2.58. The highest BCUT2D eigenvalue weighted by molar-refractivity contribution is 7.15. The van der Waals surface area contributed by atoms with Crippen molar-refractivity contribution in [2.45, 2.75) is 13.3 Å². The largest absolute Gasteiger partial charge is 0.382 e. The van der Waals surface area contributed by atoms with Gasteiger partial charge in [0.15, 0.2) is 5.13 Å². The molecule has 26 heavy (non-hydrogen) atoms. The smallest absolute Gasteiger partial charge is 0.259 e. The highest BCUT2D eigenvalue weighted by Gasteiger charge is 2.15. The number of aromatic nitrogens is 2.